The number of hydrogen-bond donors (Lipinski definition) is 4. The fourth-order valence-corrected chi connectivity index (χ4v) is 2.87. The largest absolute Gasteiger partial charge is 0.548 e. The number of rotatable bonds is 8. The Labute approximate surface area is 146 Å². The number of H-pyrrole nitrogens is 1. The van der Waals surface area contributed by atoms with E-state index < -0.39 is 24.0 Å². The van der Waals surface area contributed by atoms with Crippen molar-refractivity contribution in [2.75, 3.05) is 6.54 Å². The Kier molecular flexibility index (Phi) is 6.51. The van der Waals surface area contributed by atoms with E-state index in [1.807, 2.05) is 5.32 Å². The van der Waals surface area contributed by atoms with Gasteiger partial charge in [0.15, 0.2) is 6.04 Å². The van der Waals surface area contributed by atoms with Gasteiger partial charge >= 0.3 is 0 Å². The number of carbonyl (C=O) groups excluding carboxylic acids is 3. The maximum absolute atomic E-state index is 12.6. The molecule has 1 aromatic heterocycles. The van der Waals surface area contributed by atoms with Crippen LogP contribution in [0.5, 0.6) is 0 Å². The van der Waals surface area contributed by atoms with Gasteiger partial charge in [-0.1, -0.05) is 13.8 Å². The molecule has 9 nitrogen and oxygen atoms in total. The number of aliphatic carboxylic acids is 1. The van der Waals surface area contributed by atoms with Crippen LogP contribution in [0.15, 0.2) is 12.5 Å². The average molecular weight is 351 g/mol. The first-order chi connectivity index (χ1) is 11.9. The van der Waals surface area contributed by atoms with Crippen molar-refractivity contribution in [3.8, 4) is 0 Å². The number of carboxylic acid groups (broad SMARTS) is 1. The van der Waals surface area contributed by atoms with Crippen LogP contribution in [0.4, 0.5) is 0 Å². The minimum atomic E-state index is -1.35. The van der Waals surface area contributed by atoms with E-state index in [1.54, 1.807) is 20.0 Å². The molecule has 3 atom stereocenters. The summed E-state index contributed by atoms with van der Waals surface area (Å²) in [7, 11) is 0. The lowest BCUT2D eigenvalue weighted by molar-refractivity contribution is -0.657. The average Bonchev–Trinajstić information content (AvgIpc) is 3.24. The Hall–Kier alpha value is -2.42. The summed E-state index contributed by atoms with van der Waals surface area (Å²) in [4.78, 5) is 42.9. The van der Waals surface area contributed by atoms with Gasteiger partial charge in [-0.05, 0) is 5.92 Å². The van der Waals surface area contributed by atoms with Crippen molar-refractivity contribution in [1.82, 2.24) is 20.6 Å². The van der Waals surface area contributed by atoms with Gasteiger partial charge in [-0.2, -0.15) is 0 Å². The summed E-state index contributed by atoms with van der Waals surface area (Å²) in [5, 5.41) is 18.4. The minimum Gasteiger partial charge on any atom is -0.548 e. The van der Waals surface area contributed by atoms with E-state index in [2.05, 4.69) is 20.6 Å². The van der Waals surface area contributed by atoms with E-state index >= 15 is 0 Å². The molecule has 0 spiro atoms. The Morgan fingerprint density at radius 2 is 2.16 bits per heavy atom. The number of nitrogens with one attached hydrogen (secondary N) is 3. The highest BCUT2D eigenvalue weighted by Gasteiger charge is 2.31. The molecule has 2 rings (SSSR count). The number of aromatic amines is 1. The highest BCUT2D eigenvalue weighted by molar-refractivity contribution is 5.91. The van der Waals surface area contributed by atoms with Crippen molar-refractivity contribution < 1.29 is 24.8 Å². The second-order valence-corrected chi connectivity index (χ2v) is 6.66. The monoisotopic (exact) mass is 351 g/mol. The molecule has 1 saturated heterocycles. The molecule has 9 heteroatoms. The number of aromatic nitrogens is 2. The van der Waals surface area contributed by atoms with Gasteiger partial charge in [0.05, 0.1) is 24.9 Å². The van der Waals surface area contributed by atoms with Crippen LogP contribution in [0.1, 0.15) is 32.4 Å². The summed E-state index contributed by atoms with van der Waals surface area (Å²) < 4.78 is 0. The van der Waals surface area contributed by atoms with E-state index in [1.165, 1.54) is 6.33 Å². The number of hydrogen-bond acceptors (Lipinski definition) is 5. The molecule has 2 amide bonds. The van der Waals surface area contributed by atoms with Crippen LogP contribution in [-0.4, -0.2) is 52.4 Å². The van der Waals surface area contributed by atoms with Gasteiger partial charge in [-0.3, -0.25) is 9.59 Å². The first kappa shape index (κ1) is 18.9. The maximum Gasteiger partial charge on any atom is 0.278 e. The van der Waals surface area contributed by atoms with Crippen molar-refractivity contribution in [1.29, 1.82) is 0 Å². The van der Waals surface area contributed by atoms with Gasteiger partial charge in [0.25, 0.3) is 5.91 Å². The van der Waals surface area contributed by atoms with Crippen LogP contribution in [0.2, 0.25) is 0 Å². The first-order valence-corrected chi connectivity index (χ1v) is 8.50. The summed E-state index contributed by atoms with van der Waals surface area (Å²) in [6, 6.07) is -2.21. The summed E-state index contributed by atoms with van der Waals surface area (Å²) in [5.74, 6) is -2.45. The van der Waals surface area contributed by atoms with Crippen LogP contribution in [0.25, 0.3) is 0 Å². The lowest BCUT2D eigenvalue weighted by atomic mass is 10.0. The molecular weight excluding hydrogens is 326 g/mol. The molecule has 0 aliphatic carbocycles. The molecule has 1 aromatic rings. The van der Waals surface area contributed by atoms with Crippen molar-refractivity contribution in [3.63, 3.8) is 0 Å². The third kappa shape index (κ3) is 5.28. The van der Waals surface area contributed by atoms with Gasteiger partial charge in [0.2, 0.25) is 5.91 Å². The number of carboxylic acids is 1. The van der Waals surface area contributed by atoms with Crippen LogP contribution in [0.3, 0.4) is 0 Å². The summed E-state index contributed by atoms with van der Waals surface area (Å²) in [5.41, 5.74) is 0.672. The number of carbonyl (C=O) groups is 3. The van der Waals surface area contributed by atoms with E-state index in [-0.39, 0.29) is 24.3 Å². The molecule has 0 unspecified atom stereocenters. The first-order valence-electron chi connectivity index (χ1n) is 8.50. The summed E-state index contributed by atoms with van der Waals surface area (Å²) in [6.45, 7) is 4.24. The Bertz CT molecular complexity index is 596. The number of amides is 2. The van der Waals surface area contributed by atoms with Crippen LogP contribution < -0.4 is 21.1 Å². The summed E-state index contributed by atoms with van der Waals surface area (Å²) in [6.07, 6.45) is 4.96. The Morgan fingerprint density at radius 3 is 2.68 bits per heavy atom. The fraction of sp³-hybridized carbons (Fsp3) is 0.625. The molecule has 25 heavy (non-hydrogen) atoms. The van der Waals surface area contributed by atoms with Gasteiger partial charge in [0, 0.05) is 31.2 Å². The Morgan fingerprint density at radius 1 is 1.40 bits per heavy atom. The zero-order valence-corrected chi connectivity index (χ0v) is 14.5. The van der Waals surface area contributed by atoms with Crippen LogP contribution in [0, 0.1) is 5.92 Å². The lowest BCUT2D eigenvalue weighted by Gasteiger charge is -2.26. The molecule has 0 radical (unpaired) electrons. The van der Waals surface area contributed by atoms with E-state index in [9.17, 15) is 19.5 Å². The lowest BCUT2D eigenvalue weighted by Crippen LogP contribution is -2.89. The van der Waals surface area contributed by atoms with Crippen LogP contribution in [-0.2, 0) is 20.8 Å². The second kappa shape index (κ2) is 8.61. The Balaban J connectivity index is 2.07. The summed E-state index contributed by atoms with van der Waals surface area (Å²) >= 11 is 0. The van der Waals surface area contributed by atoms with Crippen molar-refractivity contribution >= 4 is 17.8 Å². The topological polar surface area (TPSA) is 144 Å². The molecule has 1 fully saturated rings. The highest BCUT2D eigenvalue weighted by atomic mass is 16.4. The predicted octanol–water partition coefficient (Wildman–Crippen LogP) is -2.95. The predicted molar refractivity (Wildman–Crippen MR) is 85.8 cm³/mol. The third-order valence-electron chi connectivity index (χ3n) is 4.34. The number of quaternary nitrogens is 1. The standard InChI is InChI=1S/C16H25N5O4/c1-9(2)13(16(24)25)21-15(23)12(6-10-7-17-8-19-10)20-14(22)11-4-3-5-18-11/h7-9,11-13,18H,3-6H2,1-2H3,(H,17,19)(H,20,22)(H,21,23)(H,24,25)/t11-,12-,13-/m0/s1. The quantitative estimate of drug-likeness (QED) is 0.396. The normalized spacial score (nSPS) is 19.4. The minimum absolute atomic E-state index is 0.197. The molecule has 0 aromatic carbocycles. The molecule has 1 aliphatic heterocycles. The second-order valence-electron chi connectivity index (χ2n) is 6.66. The van der Waals surface area contributed by atoms with E-state index in [0.29, 0.717) is 5.69 Å². The molecule has 5 N–H and O–H groups in total. The molecule has 2 heterocycles. The molecule has 0 saturated carbocycles. The third-order valence-corrected chi connectivity index (χ3v) is 4.34. The zero-order chi connectivity index (χ0) is 18.4. The smallest absolute Gasteiger partial charge is 0.278 e. The van der Waals surface area contributed by atoms with Crippen molar-refractivity contribution in [2.24, 2.45) is 5.92 Å². The van der Waals surface area contributed by atoms with Gasteiger partial charge in [0.1, 0.15) is 6.04 Å². The van der Waals surface area contributed by atoms with Gasteiger partial charge in [-0.15, -0.1) is 0 Å². The zero-order valence-electron chi connectivity index (χ0n) is 14.5. The van der Waals surface area contributed by atoms with E-state index in [0.717, 1.165) is 19.4 Å². The van der Waals surface area contributed by atoms with Gasteiger partial charge < -0.3 is 30.8 Å². The molecule has 0 bridgehead atoms. The maximum atomic E-state index is 12.6. The fourth-order valence-electron chi connectivity index (χ4n) is 2.87. The SMILES string of the molecule is CC(C)[C@H](NC(=O)[C@H](Cc1cnc[nH]1)NC(=O)[C@@H]1CCC[NH2+]1)C(=O)[O-]. The van der Waals surface area contributed by atoms with Crippen LogP contribution >= 0.6 is 0 Å². The van der Waals surface area contributed by atoms with Crippen molar-refractivity contribution in [3.05, 3.63) is 18.2 Å². The number of nitrogens with zero attached hydrogens (tertiary/aromatic N) is 1. The van der Waals surface area contributed by atoms with Crippen molar-refractivity contribution in [2.45, 2.75) is 51.2 Å². The highest BCUT2D eigenvalue weighted by Crippen LogP contribution is 2.05. The molecule has 138 valence electrons. The number of imidazole rings is 1. The molecular formula is C16H25N5O4. The molecule has 1 aliphatic rings. The van der Waals surface area contributed by atoms with E-state index in [4.69, 9.17) is 0 Å². The van der Waals surface area contributed by atoms with Gasteiger partial charge in [-0.25, -0.2) is 4.98 Å². The number of nitrogens with two attached hydrogens (primary N) is 1.